The number of imide groups is 1. The van der Waals surface area contributed by atoms with Gasteiger partial charge in [0.05, 0.1) is 39.4 Å². The molecule has 1 unspecified atom stereocenters. The zero-order valence-electron chi connectivity index (χ0n) is 22.5. The summed E-state index contributed by atoms with van der Waals surface area (Å²) < 4.78 is 28.3. The van der Waals surface area contributed by atoms with Gasteiger partial charge in [-0.25, -0.2) is 13.8 Å². The van der Waals surface area contributed by atoms with Gasteiger partial charge in [-0.3, -0.25) is 24.3 Å². The van der Waals surface area contributed by atoms with Crippen LogP contribution in [0.5, 0.6) is 0 Å². The number of aryl methyl sites for hydroxylation is 1. The molecule has 11 heteroatoms. The van der Waals surface area contributed by atoms with Crippen molar-refractivity contribution in [2.24, 2.45) is 16.7 Å². The first-order valence-electron chi connectivity index (χ1n) is 13.1. The summed E-state index contributed by atoms with van der Waals surface area (Å²) in [6.07, 6.45) is 0.780. The fourth-order valence-corrected chi connectivity index (χ4v) is 7.59. The van der Waals surface area contributed by atoms with Crippen molar-refractivity contribution in [1.82, 2.24) is 19.8 Å². The molecule has 0 spiro atoms. The molecule has 206 valence electrons. The number of fused-ring (bicyclic) bond motifs is 2. The van der Waals surface area contributed by atoms with Gasteiger partial charge in [-0.15, -0.1) is 11.3 Å². The van der Waals surface area contributed by atoms with Crippen LogP contribution in [0.25, 0.3) is 21.3 Å². The van der Waals surface area contributed by atoms with E-state index in [1.807, 2.05) is 32.9 Å². The van der Waals surface area contributed by atoms with Gasteiger partial charge in [0.15, 0.2) is 0 Å². The second kappa shape index (κ2) is 8.61. The summed E-state index contributed by atoms with van der Waals surface area (Å²) in [7, 11) is 0. The number of aromatic nitrogens is 2. The highest BCUT2D eigenvalue weighted by Crippen LogP contribution is 2.73. The van der Waals surface area contributed by atoms with Crippen LogP contribution in [0.2, 0.25) is 0 Å². The van der Waals surface area contributed by atoms with E-state index >= 15 is 0 Å². The molecule has 3 fully saturated rings. The monoisotopic (exact) mass is 563 g/mol. The Morgan fingerprint density at radius 2 is 1.88 bits per heavy atom. The molecule has 0 radical (unpaired) electrons. The smallest absolute Gasteiger partial charge is 0.256 e. The molecule has 3 aliphatic rings. The lowest BCUT2D eigenvalue weighted by Crippen LogP contribution is -2.43. The molecule has 3 aromatic heterocycles. The zero-order chi connectivity index (χ0) is 28.8. The molecule has 3 amide bonds. The van der Waals surface area contributed by atoms with Crippen LogP contribution in [0, 0.1) is 35.0 Å². The predicted octanol–water partition coefficient (Wildman–Crippen LogP) is 4.94. The summed E-state index contributed by atoms with van der Waals surface area (Å²) in [4.78, 5) is 52.1. The van der Waals surface area contributed by atoms with E-state index in [9.17, 15) is 28.4 Å². The lowest BCUT2D eigenvalue weighted by molar-refractivity contribution is -0.145. The summed E-state index contributed by atoms with van der Waals surface area (Å²) in [5.41, 5.74) is 1.42. The number of halogens is 2. The van der Waals surface area contributed by atoms with E-state index in [-0.39, 0.29) is 54.0 Å². The summed E-state index contributed by atoms with van der Waals surface area (Å²) in [5, 5.41) is 9.61. The Hall–Kier alpha value is -3.78. The molecule has 2 aliphatic heterocycles. The number of nitriles is 1. The normalized spacial score (nSPS) is 24.8. The molecule has 0 bridgehead atoms. The lowest BCUT2D eigenvalue weighted by Gasteiger charge is -2.32. The third-order valence-corrected chi connectivity index (χ3v) is 10.3. The van der Waals surface area contributed by atoms with E-state index < -0.39 is 30.1 Å². The number of nitrogens with zero attached hydrogens (tertiary/aromatic N) is 5. The number of piperidine rings is 2. The Labute approximate surface area is 233 Å². The maximum Gasteiger partial charge on any atom is 0.256 e. The number of hydrogen-bond acceptors (Lipinski definition) is 7. The van der Waals surface area contributed by atoms with Gasteiger partial charge in [0.1, 0.15) is 11.8 Å². The first-order valence-corrected chi connectivity index (χ1v) is 13.9. The van der Waals surface area contributed by atoms with Crippen LogP contribution in [0.15, 0.2) is 24.4 Å². The van der Waals surface area contributed by atoms with Crippen LogP contribution in [0.4, 0.5) is 8.78 Å². The number of carbonyl (C=O) groups excluding carboxylic acids is 3. The minimum atomic E-state index is -2.80. The number of alkyl halides is 2. The average Bonchev–Trinajstić information content (AvgIpc) is 3.14. The van der Waals surface area contributed by atoms with E-state index in [4.69, 9.17) is 0 Å². The standard InChI is InChI=1S/C29H27F2N5O3S/c1-15-21(24(37)35-9-6-29(30,31)7-10-35)19(11-16(13-32)34-15)18-5-8-33-20-12-17(40-22(18)20)14-36-25(38)23-27(2,3)28(23,4)26(36)39/h5,8,11-12,23H,6-7,9-10,14H2,1-4H3/t23?,28-/m0/s1. The number of rotatable bonds is 4. The molecule has 5 heterocycles. The zero-order valence-corrected chi connectivity index (χ0v) is 23.4. The van der Waals surface area contributed by atoms with Crippen LogP contribution in [-0.2, 0) is 16.1 Å². The van der Waals surface area contributed by atoms with Crippen molar-refractivity contribution >= 4 is 39.3 Å². The molecule has 1 aliphatic carbocycles. The third kappa shape index (κ3) is 3.69. The highest BCUT2D eigenvalue weighted by Gasteiger charge is 2.81. The van der Waals surface area contributed by atoms with Crippen LogP contribution in [-0.4, -0.2) is 56.5 Å². The van der Waals surface area contributed by atoms with Crippen molar-refractivity contribution in [2.45, 2.75) is 53.0 Å². The van der Waals surface area contributed by atoms with Gasteiger partial charge in [0.25, 0.3) is 11.8 Å². The van der Waals surface area contributed by atoms with Crippen LogP contribution >= 0.6 is 11.3 Å². The Kier molecular flexibility index (Phi) is 5.69. The number of carbonyl (C=O) groups is 3. The highest BCUT2D eigenvalue weighted by atomic mass is 32.1. The maximum atomic E-state index is 13.8. The third-order valence-electron chi connectivity index (χ3n) is 9.13. The van der Waals surface area contributed by atoms with E-state index in [1.165, 1.54) is 27.2 Å². The molecule has 0 N–H and O–H groups in total. The van der Waals surface area contributed by atoms with Gasteiger partial charge in [-0.05, 0) is 37.5 Å². The molecular formula is C29H27F2N5O3S. The number of amides is 3. The summed E-state index contributed by atoms with van der Waals surface area (Å²) in [6.45, 7) is 7.35. The van der Waals surface area contributed by atoms with Gasteiger partial charge in [-0.1, -0.05) is 13.8 Å². The van der Waals surface area contributed by atoms with Crippen molar-refractivity contribution in [1.29, 1.82) is 5.26 Å². The summed E-state index contributed by atoms with van der Waals surface area (Å²) >= 11 is 1.36. The van der Waals surface area contributed by atoms with Crippen molar-refractivity contribution in [3.8, 4) is 17.2 Å². The number of likely N-dealkylation sites (tertiary alicyclic amines) is 2. The van der Waals surface area contributed by atoms with Gasteiger partial charge in [-0.2, -0.15) is 5.26 Å². The minimum Gasteiger partial charge on any atom is -0.338 e. The van der Waals surface area contributed by atoms with Crippen molar-refractivity contribution in [3.63, 3.8) is 0 Å². The van der Waals surface area contributed by atoms with E-state index in [0.717, 1.165) is 9.58 Å². The van der Waals surface area contributed by atoms with Gasteiger partial charge < -0.3 is 4.90 Å². The average molecular weight is 564 g/mol. The lowest BCUT2D eigenvalue weighted by atomic mass is 9.96. The van der Waals surface area contributed by atoms with E-state index in [0.29, 0.717) is 22.3 Å². The molecule has 6 rings (SSSR count). The number of hydrogen-bond donors (Lipinski definition) is 0. The highest BCUT2D eigenvalue weighted by molar-refractivity contribution is 7.19. The first kappa shape index (κ1) is 26.4. The van der Waals surface area contributed by atoms with E-state index in [1.54, 1.807) is 19.2 Å². The molecule has 3 aromatic rings. The maximum absolute atomic E-state index is 13.8. The second-order valence-electron chi connectivity index (χ2n) is 11.6. The number of thiophene rings is 1. The molecule has 1 saturated carbocycles. The van der Waals surface area contributed by atoms with Crippen LogP contribution in [0.1, 0.15) is 60.2 Å². The van der Waals surface area contributed by atoms with Crippen molar-refractivity contribution < 1.29 is 23.2 Å². The first-order chi connectivity index (χ1) is 18.8. The molecule has 2 atom stereocenters. The predicted molar refractivity (Wildman–Crippen MR) is 143 cm³/mol. The topological polar surface area (TPSA) is 107 Å². The minimum absolute atomic E-state index is 0.0752. The fraction of sp³-hybridized carbons (Fsp3) is 0.448. The summed E-state index contributed by atoms with van der Waals surface area (Å²) in [5.74, 6) is -3.85. The number of pyridine rings is 2. The second-order valence-corrected chi connectivity index (χ2v) is 12.8. The molecule has 0 aromatic carbocycles. The van der Waals surface area contributed by atoms with Gasteiger partial charge >= 0.3 is 0 Å². The van der Waals surface area contributed by atoms with Crippen molar-refractivity contribution in [2.75, 3.05) is 13.1 Å². The molecule has 8 nitrogen and oxygen atoms in total. The Bertz CT molecular complexity index is 1670. The fourth-order valence-electron chi connectivity index (χ4n) is 6.46. The molecule has 40 heavy (non-hydrogen) atoms. The quantitative estimate of drug-likeness (QED) is 0.416. The largest absolute Gasteiger partial charge is 0.338 e. The molecule has 2 saturated heterocycles. The van der Waals surface area contributed by atoms with Crippen molar-refractivity contribution in [3.05, 3.63) is 46.2 Å². The summed E-state index contributed by atoms with van der Waals surface area (Å²) in [6, 6.07) is 7.14. The van der Waals surface area contributed by atoms with Crippen LogP contribution < -0.4 is 0 Å². The van der Waals surface area contributed by atoms with Gasteiger partial charge in [0.2, 0.25) is 11.8 Å². The van der Waals surface area contributed by atoms with Crippen LogP contribution in [0.3, 0.4) is 0 Å². The molecular weight excluding hydrogens is 536 g/mol. The Morgan fingerprint density at radius 3 is 2.50 bits per heavy atom. The SMILES string of the molecule is Cc1nc(C#N)cc(-c2ccnc3cc(CN4C(=O)C5C(C)(C)[C@]5(C)C4=O)sc23)c1C(=O)N1CCC(F)(F)CC1. The Morgan fingerprint density at radius 1 is 1.18 bits per heavy atom. The van der Waals surface area contributed by atoms with E-state index in [2.05, 4.69) is 9.97 Å². The Balaban J connectivity index is 1.38. The van der Waals surface area contributed by atoms with Gasteiger partial charge in [0, 0.05) is 48.1 Å².